The number of carbonyl (C=O) groups is 2. The van der Waals surface area contributed by atoms with Crippen LogP contribution in [0.2, 0.25) is 0 Å². The van der Waals surface area contributed by atoms with Crippen molar-refractivity contribution < 1.29 is 14.7 Å². The van der Waals surface area contributed by atoms with E-state index in [1.165, 1.54) is 27.5 Å². The second-order valence-electron chi connectivity index (χ2n) is 9.85. The number of rotatable bonds is 7. The maximum atomic E-state index is 14.1. The Labute approximate surface area is 209 Å². The van der Waals surface area contributed by atoms with E-state index in [0.717, 1.165) is 38.5 Å². The molecule has 3 unspecified atom stereocenters. The maximum Gasteiger partial charge on any atom is 0.252 e. The van der Waals surface area contributed by atoms with Crippen LogP contribution in [-0.4, -0.2) is 51.5 Å². The zero-order valence-corrected chi connectivity index (χ0v) is 20.5. The average Bonchev–Trinajstić information content (AvgIpc) is 3.49. The van der Waals surface area contributed by atoms with Crippen LogP contribution in [0.3, 0.4) is 0 Å². The van der Waals surface area contributed by atoms with Crippen molar-refractivity contribution in [2.75, 3.05) is 11.4 Å². The Bertz CT molecular complexity index is 1090. The minimum atomic E-state index is -0.915. The van der Waals surface area contributed by atoms with E-state index in [0.29, 0.717) is 16.5 Å². The molecule has 2 saturated carbocycles. The third-order valence-electron chi connectivity index (χ3n) is 7.22. The Balaban J connectivity index is 1.54. The van der Waals surface area contributed by atoms with Gasteiger partial charge in [0.25, 0.3) is 5.91 Å². The van der Waals surface area contributed by atoms with Crippen LogP contribution in [0.25, 0.3) is 0 Å². The van der Waals surface area contributed by atoms with Gasteiger partial charge >= 0.3 is 0 Å². The third kappa shape index (κ3) is 5.19. The highest BCUT2D eigenvalue weighted by atomic mass is 32.1. The van der Waals surface area contributed by atoms with Gasteiger partial charge in [-0.05, 0) is 49.8 Å². The molecule has 5 rings (SSSR count). The van der Waals surface area contributed by atoms with Crippen molar-refractivity contribution in [2.24, 2.45) is 0 Å². The van der Waals surface area contributed by atoms with Gasteiger partial charge in [-0.1, -0.05) is 25.3 Å². The summed E-state index contributed by atoms with van der Waals surface area (Å²) in [5.41, 5.74) is 0.623. The van der Waals surface area contributed by atoms with Crippen LogP contribution in [0.4, 0.5) is 5.00 Å². The molecule has 1 aliphatic heterocycles. The Kier molecular flexibility index (Phi) is 7.02. The highest BCUT2D eigenvalue weighted by Crippen LogP contribution is 2.46. The van der Waals surface area contributed by atoms with Crippen molar-refractivity contribution >= 4 is 28.2 Å². The van der Waals surface area contributed by atoms with Gasteiger partial charge < -0.3 is 10.4 Å². The van der Waals surface area contributed by atoms with E-state index < -0.39 is 18.2 Å². The van der Waals surface area contributed by atoms with Crippen LogP contribution in [0.15, 0.2) is 36.7 Å². The first-order valence-electron chi connectivity index (χ1n) is 12.5. The molecule has 0 aromatic carbocycles. The molecule has 2 aliphatic carbocycles. The van der Waals surface area contributed by atoms with Gasteiger partial charge in [-0.15, -0.1) is 11.3 Å². The molecule has 184 valence electrons. The lowest BCUT2D eigenvalue weighted by atomic mass is 9.94. The van der Waals surface area contributed by atoms with Crippen LogP contribution < -0.4 is 10.2 Å². The first kappa shape index (κ1) is 23.8. The Morgan fingerprint density at radius 3 is 2.69 bits per heavy atom. The molecule has 2 amide bonds. The van der Waals surface area contributed by atoms with Crippen LogP contribution in [0, 0.1) is 11.5 Å². The zero-order valence-electron chi connectivity index (χ0n) is 19.7. The van der Waals surface area contributed by atoms with Gasteiger partial charge in [0.15, 0.2) is 6.19 Å². The standard InChI is InChI=1S/C26H31N5O3S/c27-16-30-15-20(32)13-21(30)26(34)31(23-11-10-22(35-23)17-8-9-17)24(18-5-4-12-28-14-18)25(33)29-19-6-2-1-3-7-19/h4-5,10-12,14,17,19-21,24,32H,1-3,6-9,13,15H2,(H,29,33). The van der Waals surface area contributed by atoms with Gasteiger partial charge in [-0.2, -0.15) is 5.26 Å². The number of anilines is 1. The molecular weight excluding hydrogens is 462 g/mol. The lowest BCUT2D eigenvalue weighted by Gasteiger charge is -2.34. The van der Waals surface area contributed by atoms with E-state index in [-0.39, 0.29) is 30.8 Å². The molecule has 3 aliphatic rings. The van der Waals surface area contributed by atoms with Gasteiger partial charge in [0.1, 0.15) is 12.1 Å². The van der Waals surface area contributed by atoms with Gasteiger partial charge in [-0.25, -0.2) is 0 Å². The molecule has 0 spiro atoms. The van der Waals surface area contributed by atoms with E-state index in [1.807, 2.05) is 18.2 Å². The summed E-state index contributed by atoms with van der Waals surface area (Å²) in [6, 6.07) is 5.90. The van der Waals surface area contributed by atoms with E-state index in [9.17, 15) is 20.0 Å². The highest BCUT2D eigenvalue weighted by molar-refractivity contribution is 7.16. The largest absolute Gasteiger partial charge is 0.391 e. The predicted molar refractivity (Wildman–Crippen MR) is 133 cm³/mol. The fraction of sp³-hybridized carbons (Fsp3) is 0.538. The molecule has 0 bridgehead atoms. The number of β-amino-alcohol motifs (C(OH)–C–C–N with tert-alkyl or cyclic N) is 1. The lowest BCUT2D eigenvalue weighted by molar-refractivity contribution is -0.128. The second kappa shape index (κ2) is 10.3. The number of likely N-dealkylation sites (tertiary alicyclic amines) is 1. The number of nitrogens with zero attached hydrogens (tertiary/aromatic N) is 4. The number of aliphatic hydroxyl groups excluding tert-OH is 1. The second-order valence-corrected chi connectivity index (χ2v) is 10.9. The Morgan fingerprint density at radius 1 is 1.20 bits per heavy atom. The number of carbonyl (C=O) groups excluding carboxylic acids is 2. The zero-order chi connectivity index (χ0) is 24.4. The minimum absolute atomic E-state index is 0.0849. The molecule has 0 radical (unpaired) electrons. The molecule has 9 heteroatoms. The summed E-state index contributed by atoms with van der Waals surface area (Å²) >= 11 is 1.54. The number of thiophene rings is 1. The van der Waals surface area contributed by atoms with Crippen LogP contribution >= 0.6 is 11.3 Å². The summed E-state index contributed by atoms with van der Waals surface area (Å²) in [5, 5.41) is 23.7. The molecule has 2 aromatic rings. The summed E-state index contributed by atoms with van der Waals surface area (Å²) in [4.78, 5) is 36.3. The van der Waals surface area contributed by atoms with Crippen molar-refractivity contribution in [1.29, 1.82) is 5.26 Å². The molecule has 3 atom stereocenters. The fourth-order valence-corrected chi connectivity index (χ4v) is 6.43. The number of aliphatic hydroxyl groups is 1. The van der Waals surface area contributed by atoms with E-state index >= 15 is 0 Å². The van der Waals surface area contributed by atoms with Crippen LogP contribution in [0.5, 0.6) is 0 Å². The lowest BCUT2D eigenvalue weighted by Crippen LogP contribution is -2.51. The molecule has 8 nitrogen and oxygen atoms in total. The summed E-state index contributed by atoms with van der Waals surface area (Å²) in [6.07, 6.45) is 12.2. The number of aromatic nitrogens is 1. The fourth-order valence-electron chi connectivity index (χ4n) is 5.22. The number of hydrogen-bond acceptors (Lipinski definition) is 7. The summed E-state index contributed by atoms with van der Waals surface area (Å²) in [6.45, 7) is 0.115. The normalized spacial score (nSPS) is 23.5. The Morgan fingerprint density at radius 2 is 2.00 bits per heavy atom. The van der Waals surface area contributed by atoms with Crippen LogP contribution in [0.1, 0.15) is 73.8 Å². The van der Waals surface area contributed by atoms with Gasteiger partial charge in [-0.3, -0.25) is 24.4 Å². The first-order valence-corrected chi connectivity index (χ1v) is 13.3. The topological polar surface area (TPSA) is 110 Å². The van der Waals surface area contributed by atoms with Crippen molar-refractivity contribution in [3.63, 3.8) is 0 Å². The highest BCUT2D eigenvalue weighted by Gasteiger charge is 2.43. The molecule has 2 N–H and O–H groups in total. The summed E-state index contributed by atoms with van der Waals surface area (Å²) in [5.74, 6) is -0.0656. The molecule has 35 heavy (non-hydrogen) atoms. The molecule has 2 aromatic heterocycles. The van der Waals surface area contributed by atoms with Crippen LogP contribution in [-0.2, 0) is 9.59 Å². The number of hydrogen-bond donors (Lipinski definition) is 2. The maximum absolute atomic E-state index is 14.1. The van der Waals surface area contributed by atoms with Gasteiger partial charge in [0.2, 0.25) is 5.91 Å². The van der Waals surface area contributed by atoms with Crippen molar-refractivity contribution in [3.05, 3.63) is 47.1 Å². The quantitative estimate of drug-likeness (QED) is 0.572. The van der Waals surface area contributed by atoms with Gasteiger partial charge in [0, 0.05) is 35.3 Å². The predicted octanol–water partition coefficient (Wildman–Crippen LogP) is 3.46. The summed E-state index contributed by atoms with van der Waals surface area (Å²) < 4.78 is 0. The molecule has 1 saturated heterocycles. The van der Waals surface area contributed by atoms with Crippen molar-refractivity contribution in [2.45, 2.75) is 81.5 Å². The van der Waals surface area contributed by atoms with Crippen molar-refractivity contribution in [1.82, 2.24) is 15.2 Å². The molecular formula is C26H31N5O3S. The van der Waals surface area contributed by atoms with Crippen molar-refractivity contribution in [3.8, 4) is 6.19 Å². The van der Waals surface area contributed by atoms with E-state index in [4.69, 9.17) is 0 Å². The van der Waals surface area contributed by atoms with E-state index in [2.05, 4.69) is 16.5 Å². The first-order chi connectivity index (χ1) is 17.0. The summed E-state index contributed by atoms with van der Waals surface area (Å²) in [7, 11) is 0. The number of amides is 2. The van der Waals surface area contributed by atoms with Gasteiger partial charge in [0.05, 0.1) is 17.6 Å². The number of nitrogens with one attached hydrogen (secondary N) is 1. The number of nitriles is 1. The monoisotopic (exact) mass is 493 g/mol. The average molecular weight is 494 g/mol. The Hall–Kier alpha value is -2.96. The van der Waals surface area contributed by atoms with E-state index in [1.54, 1.807) is 23.4 Å². The number of pyridine rings is 1. The minimum Gasteiger partial charge on any atom is -0.391 e. The SMILES string of the molecule is N#CN1CC(O)CC1C(=O)N(c1ccc(C2CC2)s1)C(C(=O)NC1CCCCC1)c1cccnc1. The molecule has 3 heterocycles. The molecule has 3 fully saturated rings. The smallest absolute Gasteiger partial charge is 0.252 e. The third-order valence-corrected chi connectivity index (χ3v) is 8.46.